The molecule has 0 radical (unpaired) electrons. The van der Waals surface area contributed by atoms with Crippen LogP contribution in [0.25, 0.3) is 11.4 Å². The molecule has 2 aromatic rings. The number of nitrogens with two attached hydrogens (primary N) is 1. The number of amides is 1. The number of benzene rings is 1. The monoisotopic (exact) mass is 466 g/mol. The smallest absolute Gasteiger partial charge is 0.346 e. The molecule has 0 saturated heterocycles. The van der Waals surface area contributed by atoms with Crippen LogP contribution in [0, 0.1) is 0 Å². The van der Waals surface area contributed by atoms with Gasteiger partial charge in [0.15, 0.2) is 5.82 Å². The van der Waals surface area contributed by atoms with Crippen molar-refractivity contribution in [2.24, 2.45) is 0 Å². The third-order valence-corrected chi connectivity index (χ3v) is 6.91. The van der Waals surface area contributed by atoms with Gasteiger partial charge in [-0.3, -0.25) is 4.79 Å². The zero-order valence-corrected chi connectivity index (χ0v) is 17.8. The molecular formula is C16H21F3N6O3S2. The van der Waals surface area contributed by atoms with E-state index in [0.29, 0.717) is 18.7 Å². The first-order chi connectivity index (χ1) is 14.0. The Morgan fingerprint density at radius 3 is 2.53 bits per heavy atom. The fourth-order valence-corrected chi connectivity index (χ4v) is 4.65. The van der Waals surface area contributed by atoms with Gasteiger partial charge in [-0.25, -0.2) is 13.1 Å². The Balaban J connectivity index is 2.17. The average Bonchev–Trinajstić information content (AvgIpc) is 3.05. The summed E-state index contributed by atoms with van der Waals surface area (Å²) in [7, 11) is -3.69. The molecule has 3 N–H and O–H groups in total. The van der Waals surface area contributed by atoms with E-state index < -0.39 is 28.7 Å². The molecule has 0 spiro atoms. The lowest BCUT2D eigenvalue weighted by atomic mass is 10.2. The number of hydrogen-bond donors (Lipinski definition) is 2. The zero-order chi connectivity index (χ0) is 22.5. The molecule has 0 bridgehead atoms. The molecule has 14 heteroatoms. The molecule has 1 amide bonds. The van der Waals surface area contributed by atoms with Gasteiger partial charge in [0.05, 0.1) is 10.6 Å². The highest BCUT2D eigenvalue weighted by molar-refractivity contribution is 7.99. The summed E-state index contributed by atoms with van der Waals surface area (Å²) in [5.74, 6) is 4.89. The van der Waals surface area contributed by atoms with Crippen LogP contribution in [0.4, 0.5) is 13.2 Å². The molecular weight excluding hydrogens is 445 g/mol. The average molecular weight is 467 g/mol. The van der Waals surface area contributed by atoms with E-state index in [1.54, 1.807) is 25.2 Å². The van der Waals surface area contributed by atoms with E-state index in [1.807, 2.05) is 0 Å². The first kappa shape index (κ1) is 24.0. The van der Waals surface area contributed by atoms with Crippen LogP contribution in [0.5, 0.6) is 0 Å². The van der Waals surface area contributed by atoms with E-state index in [4.69, 9.17) is 5.84 Å². The molecule has 1 aromatic heterocycles. The van der Waals surface area contributed by atoms with Crippen LogP contribution in [0.15, 0.2) is 34.3 Å². The summed E-state index contributed by atoms with van der Waals surface area (Å²) in [6.07, 6.45) is -4.50. The van der Waals surface area contributed by atoms with Crippen molar-refractivity contribution in [1.82, 2.24) is 24.5 Å². The van der Waals surface area contributed by atoms with E-state index in [-0.39, 0.29) is 21.6 Å². The van der Waals surface area contributed by atoms with Crippen LogP contribution >= 0.6 is 11.8 Å². The number of nitrogen functional groups attached to an aromatic ring is 1. The molecule has 30 heavy (non-hydrogen) atoms. The number of thioether (sulfide) groups is 1. The number of carbonyl (C=O) groups is 1. The van der Waals surface area contributed by atoms with Crippen LogP contribution in [0.3, 0.4) is 0 Å². The Bertz CT molecular complexity index is 990. The summed E-state index contributed by atoms with van der Waals surface area (Å²) < 4.78 is 64.2. The fraction of sp³-hybridized carbons (Fsp3) is 0.438. The normalized spacial score (nSPS) is 12.3. The predicted octanol–water partition coefficient (Wildman–Crippen LogP) is 1.46. The van der Waals surface area contributed by atoms with Crippen LogP contribution in [-0.4, -0.2) is 65.1 Å². The Kier molecular flexibility index (Phi) is 7.71. The van der Waals surface area contributed by atoms with Crippen LogP contribution < -0.4 is 11.2 Å². The van der Waals surface area contributed by atoms with Gasteiger partial charge in [0.1, 0.15) is 6.54 Å². The lowest BCUT2D eigenvalue weighted by molar-refractivity contribution is -0.136. The number of hydrogen-bond acceptors (Lipinski definition) is 7. The van der Waals surface area contributed by atoms with Crippen molar-refractivity contribution in [3.63, 3.8) is 0 Å². The number of halogens is 3. The molecule has 0 aliphatic rings. The highest BCUT2D eigenvalue weighted by atomic mass is 32.2. The number of alkyl halides is 3. The lowest BCUT2D eigenvalue weighted by Crippen LogP contribution is -2.34. The summed E-state index contributed by atoms with van der Waals surface area (Å²) in [6, 6.07) is 6.00. The van der Waals surface area contributed by atoms with E-state index in [9.17, 15) is 26.4 Å². The second-order valence-corrected chi connectivity index (χ2v) is 8.85. The largest absolute Gasteiger partial charge is 0.405 e. The Morgan fingerprint density at radius 2 is 1.93 bits per heavy atom. The van der Waals surface area contributed by atoms with Crippen molar-refractivity contribution in [1.29, 1.82) is 0 Å². The number of carbonyl (C=O) groups excluding carboxylic acids is 1. The maximum atomic E-state index is 12.7. The van der Waals surface area contributed by atoms with Gasteiger partial charge in [0.2, 0.25) is 21.1 Å². The third kappa shape index (κ3) is 5.86. The molecule has 0 saturated carbocycles. The van der Waals surface area contributed by atoms with Gasteiger partial charge >= 0.3 is 6.18 Å². The van der Waals surface area contributed by atoms with Gasteiger partial charge in [-0.15, -0.1) is 10.2 Å². The van der Waals surface area contributed by atoms with Crippen LogP contribution in [0.1, 0.15) is 13.8 Å². The molecule has 9 nitrogen and oxygen atoms in total. The maximum absolute atomic E-state index is 12.7. The number of rotatable bonds is 9. The summed E-state index contributed by atoms with van der Waals surface area (Å²) in [5.41, 5.74) is 0.381. The number of nitrogens with one attached hydrogen (secondary N) is 1. The summed E-state index contributed by atoms with van der Waals surface area (Å²) >= 11 is 0.802. The van der Waals surface area contributed by atoms with Gasteiger partial charge in [-0.2, -0.15) is 17.5 Å². The highest BCUT2D eigenvalue weighted by Crippen LogP contribution is 2.25. The Labute approximate surface area is 175 Å². The minimum absolute atomic E-state index is 0.0624. The quantitative estimate of drug-likeness (QED) is 0.424. The first-order valence-corrected chi connectivity index (χ1v) is 11.2. The van der Waals surface area contributed by atoms with Crippen molar-refractivity contribution in [2.45, 2.75) is 30.1 Å². The number of aromatic nitrogens is 3. The highest BCUT2D eigenvalue weighted by Gasteiger charge is 2.28. The fourth-order valence-electron chi connectivity index (χ4n) is 2.46. The molecule has 0 unspecified atom stereocenters. The lowest BCUT2D eigenvalue weighted by Gasteiger charge is -2.18. The second-order valence-electron chi connectivity index (χ2n) is 5.97. The Hall–Kier alpha value is -2.32. The molecule has 0 aliphatic heterocycles. The van der Waals surface area contributed by atoms with E-state index in [0.717, 1.165) is 16.4 Å². The molecule has 1 heterocycles. The first-order valence-electron chi connectivity index (χ1n) is 8.77. The van der Waals surface area contributed by atoms with E-state index in [2.05, 4.69) is 10.2 Å². The van der Waals surface area contributed by atoms with Crippen molar-refractivity contribution >= 4 is 27.7 Å². The predicted molar refractivity (Wildman–Crippen MR) is 106 cm³/mol. The summed E-state index contributed by atoms with van der Waals surface area (Å²) in [4.78, 5) is 11.6. The van der Waals surface area contributed by atoms with Crippen LogP contribution in [-0.2, 0) is 14.8 Å². The Morgan fingerprint density at radius 1 is 1.27 bits per heavy atom. The SMILES string of the molecule is CCN(CC)S(=O)(=O)c1cccc(-c2nnc(SCC(=O)NCC(F)(F)F)n2N)c1. The van der Waals surface area contributed by atoms with Gasteiger partial charge in [-0.1, -0.05) is 37.7 Å². The standard InChI is InChI=1S/C16H21F3N6O3S2/c1-3-24(4-2)30(27,28)12-7-5-6-11(8-12)14-22-23-15(25(14)20)29-9-13(26)21-10-16(17,18)19/h5-8H,3-4,9-10,20H2,1-2H3,(H,21,26). The van der Waals surface area contributed by atoms with Crippen molar-refractivity contribution in [3.05, 3.63) is 24.3 Å². The van der Waals surface area contributed by atoms with E-state index >= 15 is 0 Å². The molecule has 2 rings (SSSR count). The molecule has 0 fully saturated rings. The van der Waals surface area contributed by atoms with E-state index in [1.165, 1.54) is 22.5 Å². The molecule has 0 aliphatic carbocycles. The minimum Gasteiger partial charge on any atom is -0.346 e. The third-order valence-electron chi connectivity index (χ3n) is 3.92. The zero-order valence-electron chi connectivity index (χ0n) is 16.2. The molecule has 1 aromatic carbocycles. The number of sulfonamides is 1. The van der Waals surface area contributed by atoms with Gasteiger partial charge in [0.25, 0.3) is 0 Å². The minimum atomic E-state index is -4.50. The van der Waals surface area contributed by atoms with Gasteiger partial charge < -0.3 is 11.2 Å². The maximum Gasteiger partial charge on any atom is 0.405 e. The van der Waals surface area contributed by atoms with Gasteiger partial charge in [-0.05, 0) is 12.1 Å². The van der Waals surface area contributed by atoms with Gasteiger partial charge in [0, 0.05) is 18.7 Å². The second kappa shape index (κ2) is 9.66. The van der Waals surface area contributed by atoms with Crippen molar-refractivity contribution in [2.75, 3.05) is 31.2 Å². The molecule has 166 valence electrons. The summed E-state index contributed by atoms with van der Waals surface area (Å²) in [6.45, 7) is 2.66. The van der Waals surface area contributed by atoms with Crippen molar-refractivity contribution in [3.8, 4) is 11.4 Å². The molecule has 0 atom stereocenters. The number of nitrogens with zero attached hydrogens (tertiary/aromatic N) is 4. The summed E-state index contributed by atoms with van der Waals surface area (Å²) in [5, 5.41) is 9.55. The van der Waals surface area contributed by atoms with Crippen molar-refractivity contribution < 1.29 is 26.4 Å². The van der Waals surface area contributed by atoms with Crippen LogP contribution in [0.2, 0.25) is 0 Å². The topological polar surface area (TPSA) is 123 Å².